The Morgan fingerprint density at radius 2 is 1.90 bits per heavy atom. The molecule has 6 heteroatoms. The van der Waals surface area contributed by atoms with Crippen LogP contribution in [0.3, 0.4) is 0 Å². The van der Waals surface area contributed by atoms with Crippen molar-refractivity contribution in [1.82, 2.24) is 10.2 Å². The highest BCUT2D eigenvalue weighted by atomic mass is 16.5. The molecule has 29 heavy (non-hydrogen) atoms. The standard InChI is InChI=1S/C23H22N2O4/c26-22-13-18(15-25(22)16-21-10-5-11-28-21)23(27)24-14-17-6-4-9-20(12-17)29-19-7-2-1-3-8-19/h1-12,18H,13-16H2,(H,24,27). The molecule has 4 rings (SSSR count). The Morgan fingerprint density at radius 3 is 2.69 bits per heavy atom. The van der Waals surface area contributed by atoms with Crippen molar-refractivity contribution in [3.63, 3.8) is 0 Å². The van der Waals surface area contributed by atoms with E-state index in [-0.39, 0.29) is 24.2 Å². The second-order valence-electron chi connectivity index (χ2n) is 7.03. The Labute approximate surface area is 169 Å². The summed E-state index contributed by atoms with van der Waals surface area (Å²) in [7, 11) is 0. The number of hydrogen-bond donors (Lipinski definition) is 1. The third-order valence-corrected chi connectivity index (χ3v) is 4.86. The molecule has 0 saturated carbocycles. The molecule has 6 nitrogen and oxygen atoms in total. The van der Waals surface area contributed by atoms with Gasteiger partial charge in [-0.2, -0.15) is 0 Å². The number of nitrogens with one attached hydrogen (secondary N) is 1. The minimum absolute atomic E-state index is 0.0280. The van der Waals surface area contributed by atoms with Gasteiger partial charge in [-0.15, -0.1) is 0 Å². The molecule has 1 aliphatic rings. The molecular weight excluding hydrogens is 368 g/mol. The predicted molar refractivity (Wildman–Crippen MR) is 107 cm³/mol. The van der Waals surface area contributed by atoms with E-state index in [1.165, 1.54) is 0 Å². The summed E-state index contributed by atoms with van der Waals surface area (Å²) in [5.74, 6) is 1.70. The van der Waals surface area contributed by atoms with Crippen LogP contribution in [0.2, 0.25) is 0 Å². The Hall–Kier alpha value is -3.54. The van der Waals surface area contributed by atoms with Gasteiger partial charge in [0.15, 0.2) is 0 Å². The predicted octanol–water partition coefficient (Wildman–Crippen LogP) is 3.74. The van der Waals surface area contributed by atoms with Gasteiger partial charge in [-0.05, 0) is 42.0 Å². The second-order valence-corrected chi connectivity index (χ2v) is 7.03. The Balaban J connectivity index is 1.30. The normalized spacial score (nSPS) is 16.1. The zero-order valence-electron chi connectivity index (χ0n) is 15.9. The van der Waals surface area contributed by atoms with E-state index in [0.717, 1.165) is 17.1 Å². The van der Waals surface area contributed by atoms with Crippen molar-refractivity contribution in [3.8, 4) is 11.5 Å². The van der Waals surface area contributed by atoms with Gasteiger partial charge in [-0.3, -0.25) is 9.59 Å². The van der Waals surface area contributed by atoms with E-state index in [4.69, 9.17) is 9.15 Å². The highest BCUT2D eigenvalue weighted by molar-refractivity contribution is 5.89. The third kappa shape index (κ3) is 4.85. The zero-order chi connectivity index (χ0) is 20.1. The summed E-state index contributed by atoms with van der Waals surface area (Å²) < 4.78 is 11.1. The summed E-state index contributed by atoms with van der Waals surface area (Å²) >= 11 is 0. The van der Waals surface area contributed by atoms with Gasteiger partial charge in [0, 0.05) is 19.5 Å². The summed E-state index contributed by atoms with van der Waals surface area (Å²) in [4.78, 5) is 26.4. The van der Waals surface area contributed by atoms with Gasteiger partial charge in [0.2, 0.25) is 11.8 Å². The number of carbonyl (C=O) groups excluding carboxylic acids is 2. The van der Waals surface area contributed by atoms with E-state index in [0.29, 0.717) is 25.4 Å². The highest BCUT2D eigenvalue weighted by Gasteiger charge is 2.34. The molecule has 0 spiro atoms. The lowest BCUT2D eigenvalue weighted by Crippen LogP contribution is -2.32. The van der Waals surface area contributed by atoms with Crippen molar-refractivity contribution in [2.45, 2.75) is 19.5 Å². The van der Waals surface area contributed by atoms with Crippen molar-refractivity contribution in [2.24, 2.45) is 5.92 Å². The first-order valence-electron chi connectivity index (χ1n) is 9.57. The molecule has 0 radical (unpaired) electrons. The second kappa shape index (κ2) is 8.65. The van der Waals surface area contributed by atoms with E-state index in [1.54, 1.807) is 17.2 Å². The van der Waals surface area contributed by atoms with Gasteiger partial charge < -0.3 is 19.4 Å². The molecule has 2 heterocycles. The number of para-hydroxylation sites is 1. The molecule has 1 aromatic heterocycles. The Kier molecular flexibility index (Phi) is 5.61. The summed E-state index contributed by atoms with van der Waals surface area (Å²) in [5.41, 5.74) is 0.934. The van der Waals surface area contributed by atoms with Crippen LogP contribution in [0.25, 0.3) is 0 Å². The largest absolute Gasteiger partial charge is 0.467 e. The fourth-order valence-electron chi connectivity index (χ4n) is 3.37. The van der Waals surface area contributed by atoms with Gasteiger partial charge in [-0.25, -0.2) is 0 Å². The van der Waals surface area contributed by atoms with Gasteiger partial charge in [0.25, 0.3) is 0 Å². The molecular formula is C23H22N2O4. The first-order chi connectivity index (χ1) is 14.2. The van der Waals surface area contributed by atoms with E-state index >= 15 is 0 Å². The van der Waals surface area contributed by atoms with Crippen LogP contribution < -0.4 is 10.1 Å². The maximum atomic E-state index is 12.5. The number of benzene rings is 2. The third-order valence-electron chi connectivity index (χ3n) is 4.86. The summed E-state index contributed by atoms with van der Waals surface area (Å²) in [6.07, 6.45) is 1.80. The molecule has 0 bridgehead atoms. The van der Waals surface area contributed by atoms with Crippen LogP contribution in [-0.4, -0.2) is 23.3 Å². The molecule has 1 fully saturated rings. The molecule has 0 aliphatic carbocycles. The number of carbonyl (C=O) groups is 2. The molecule has 1 saturated heterocycles. The van der Waals surface area contributed by atoms with Crippen LogP contribution in [0.15, 0.2) is 77.4 Å². The van der Waals surface area contributed by atoms with Gasteiger partial charge >= 0.3 is 0 Å². The number of hydrogen-bond acceptors (Lipinski definition) is 4. The zero-order valence-corrected chi connectivity index (χ0v) is 15.9. The molecule has 2 aromatic carbocycles. The highest BCUT2D eigenvalue weighted by Crippen LogP contribution is 2.23. The number of amides is 2. The smallest absolute Gasteiger partial charge is 0.225 e. The average molecular weight is 390 g/mol. The fourth-order valence-corrected chi connectivity index (χ4v) is 3.37. The van der Waals surface area contributed by atoms with Crippen molar-refractivity contribution < 1.29 is 18.7 Å². The topological polar surface area (TPSA) is 71.8 Å². The average Bonchev–Trinajstić information content (AvgIpc) is 3.38. The Bertz CT molecular complexity index is 970. The first-order valence-corrected chi connectivity index (χ1v) is 9.57. The van der Waals surface area contributed by atoms with Gasteiger partial charge in [0.1, 0.15) is 17.3 Å². The maximum Gasteiger partial charge on any atom is 0.225 e. The van der Waals surface area contributed by atoms with E-state index in [9.17, 15) is 9.59 Å². The number of ether oxygens (including phenoxy) is 1. The van der Waals surface area contributed by atoms with Crippen LogP contribution in [0.4, 0.5) is 0 Å². The van der Waals surface area contributed by atoms with Crippen molar-refractivity contribution >= 4 is 11.8 Å². The van der Waals surface area contributed by atoms with Crippen molar-refractivity contribution in [2.75, 3.05) is 6.54 Å². The van der Waals surface area contributed by atoms with Crippen molar-refractivity contribution in [1.29, 1.82) is 0 Å². The SMILES string of the molecule is O=C(NCc1cccc(Oc2ccccc2)c1)C1CC(=O)N(Cc2ccco2)C1. The molecule has 1 unspecified atom stereocenters. The summed E-state index contributed by atoms with van der Waals surface area (Å²) in [5, 5.41) is 2.94. The molecule has 1 N–H and O–H groups in total. The van der Waals surface area contributed by atoms with Crippen LogP contribution in [-0.2, 0) is 22.7 Å². The number of likely N-dealkylation sites (tertiary alicyclic amines) is 1. The minimum atomic E-state index is -0.346. The maximum absolute atomic E-state index is 12.5. The van der Waals surface area contributed by atoms with Crippen LogP contribution in [0, 0.1) is 5.92 Å². The molecule has 1 aliphatic heterocycles. The minimum Gasteiger partial charge on any atom is -0.467 e. The van der Waals surface area contributed by atoms with Crippen LogP contribution in [0.5, 0.6) is 11.5 Å². The van der Waals surface area contributed by atoms with Crippen molar-refractivity contribution in [3.05, 3.63) is 84.3 Å². The molecule has 148 valence electrons. The lowest BCUT2D eigenvalue weighted by Gasteiger charge is -2.15. The monoisotopic (exact) mass is 390 g/mol. The first kappa shape index (κ1) is 18.8. The summed E-state index contributed by atoms with van der Waals surface area (Å²) in [6, 6.07) is 20.8. The van der Waals surface area contributed by atoms with E-state index in [1.807, 2.05) is 60.7 Å². The molecule has 1 atom stereocenters. The van der Waals surface area contributed by atoms with E-state index in [2.05, 4.69) is 5.32 Å². The molecule has 3 aromatic rings. The summed E-state index contributed by atoms with van der Waals surface area (Å²) in [6.45, 7) is 1.19. The van der Waals surface area contributed by atoms with Crippen LogP contribution in [0.1, 0.15) is 17.7 Å². The number of nitrogens with zero attached hydrogens (tertiary/aromatic N) is 1. The fraction of sp³-hybridized carbons (Fsp3) is 0.217. The molecule has 2 amide bonds. The lowest BCUT2D eigenvalue weighted by atomic mass is 10.1. The van der Waals surface area contributed by atoms with Gasteiger partial charge in [-0.1, -0.05) is 30.3 Å². The number of furan rings is 1. The van der Waals surface area contributed by atoms with Gasteiger partial charge in [0.05, 0.1) is 18.7 Å². The number of rotatable bonds is 7. The van der Waals surface area contributed by atoms with E-state index < -0.39 is 0 Å². The quantitative estimate of drug-likeness (QED) is 0.667. The Morgan fingerprint density at radius 1 is 1.07 bits per heavy atom. The lowest BCUT2D eigenvalue weighted by molar-refractivity contribution is -0.129. The van der Waals surface area contributed by atoms with Crippen LogP contribution >= 0.6 is 0 Å².